The molecule has 118 valence electrons. The molecule has 2 heterocycles. The molecular formula is C16H14FN3O3. The molecule has 0 saturated heterocycles. The fourth-order valence-electron chi connectivity index (χ4n) is 2.06. The van der Waals surface area contributed by atoms with Gasteiger partial charge in [-0.3, -0.25) is 9.63 Å². The Labute approximate surface area is 131 Å². The first-order chi connectivity index (χ1) is 11.2. The Morgan fingerprint density at radius 3 is 2.78 bits per heavy atom. The molecule has 0 fully saturated rings. The van der Waals surface area contributed by atoms with Crippen LogP contribution in [0.2, 0.25) is 0 Å². The standard InChI is InChI=1S/C16H14FN3O3/c1-2-23-19-16(21)14-10-13(15-4-3-9-22-15)18-20(14)12-7-5-11(17)6-8-12/h3-10H,2H2,1H3,(H,19,21). The number of hydroxylamine groups is 1. The molecule has 7 heteroatoms. The summed E-state index contributed by atoms with van der Waals surface area (Å²) in [5.41, 5.74) is 3.61. The fourth-order valence-corrected chi connectivity index (χ4v) is 2.06. The number of nitrogens with one attached hydrogen (secondary N) is 1. The van der Waals surface area contributed by atoms with E-state index in [1.165, 1.54) is 35.2 Å². The number of furan rings is 1. The third-order valence-corrected chi connectivity index (χ3v) is 3.10. The highest BCUT2D eigenvalue weighted by Gasteiger charge is 2.18. The molecule has 0 spiro atoms. The van der Waals surface area contributed by atoms with Crippen LogP contribution < -0.4 is 5.48 Å². The number of halogens is 1. The van der Waals surface area contributed by atoms with E-state index in [-0.39, 0.29) is 11.5 Å². The topological polar surface area (TPSA) is 69.3 Å². The maximum Gasteiger partial charge on any atom is 0.293 e. The van der Waals surface area contributed by atoms with Crippen molar-refractivity contribution in [3.8, 4) is 17.1 Å². The van der Waals surface area contributed by atoms with Crippen molar-refractivity contribution in [1.82, 2.24) is 15.3 Å². The lowest BCUT2D eigenvalue weighted by molar-refractivity contribution is 0.0357. The molecule has 0 radical (unpaired) electrons. The lowest BCUT2D eigenvalue weighted by Crippen LogP contribution is -2.26. The Morgan fingerprint density at radius 2 is 2.13 bits per heavy atom. The zero-order valence-corrected chi connectivity index (χ0v) is 12.3. The average Bonchev–Trinajstić information content (AvgIpc) is 3.22. The maximum absolute atomic E-state index is 13.1. The molecule has 0 aliphatic rings. The van der Waals surface area contributed by atoms with Gasteiger partial charge in [-0.2, -0.15) is 5.10 Å². The minimum atomic E-state index is -0.457. The van der Waals surface area contributed by atoms with Gasteiger partial charge in [-0.1, -0.05) is 0 Å². The average molecular weight is 315 g/mol. The second kappa shape index (κ2) is 6.45. The molecule has 1 aromatic carbocycles. The van der Waals surface area contributed by atoms with Gasteiger partial charge < -0.3 is 4.42 Å². The minimum absolute atomic E-state index is 0.247. The van der Waals surface area contributed by atoms with Crippen LogP contribution in [0.3, 0.4) is 0 Å². The van der Waals surface area contributed by atoms with E-state index in [0.29, 0.717) is 23.7 Å². The molecule has 0 aliphatic carbocycles. The summed E-state index contributed by atoms with van der Waals surface area (Å²) in [6.07, 6.45) is 1.52. The maximum atomic E-state index is 13.1. The number of amides is 1. The van der Waals surface area contributed by atoms with E-state index in [1.807, 2.05) is 0 Å². The summed E-state index contributed by atoms with van der Waals surface area (Å²) in [6.45, 7) is 2.09. The van der Waals surface area contributed by atoms with Crippen LogP contribution in [0.25, 0.3) is 17.1 Å². The van der Waals surface area contributed by atoms with Crippen molar-refractivity contribution in [2.45, 2.75) is 6.92 Å². The molecule has 3 rings (SSSR count). The van der Waals surface area contributed by atoms with Gasteiger partial charge in [0.05, 0.1) is 18.6 Å². The zero-order valence-electron chi connectivity index (χ0n) is 12.3. The molecule has 3 aromatic rings. The number of hydrogen-bond donors (Lipinski definition) is 1. The quantitative estimate of drug-likeness (QED) is 0.735. The Hall–Kier alpha value is -2.93. The van der Waals surface area contributed by atoms with Gasteiger partial charge >= 0.3 is 0 Å². The second-order valence-corrected chi connectivity index (χ2v) is 4.64. The molecule has 1 N–H and O–H groups in total. The molecule has 1 amide bonds. The smallest absolute Gasteiger partial charge is 0.293 e. The Bertz CT molecular complexity index is 795. The first-order valence-corrected chi connectivity index (χ1v) is 7.01. The number of rotatable bonds is 5. The van der Waals surface area contributed by atoms with Gasteiger partial charge in [0.2, 0.25) is 0 Å². The van der Waals surface area contributed by atoms with Crippen molar-refractivity contribution >= 4 is 5.91 Å². The first kappa shape index (κ1) is 15.0. The van der Waals surface area contributed by atoms with Crippen molar-refractivity contribution in [1.29, 1.82) is 0 Å². The summed E-state index contributed by atoms with van der Waals surface area (Å²) in [6, 6.07) is 10.7. The highest BCUT2D eigenvalue weighted by Crippen LogP contribution is 2.22. The largest absolute Gasteiger partial charge is 0.463 e. The lowest BCUT2D eigenvalue weighted by atomic mass is 10.2. The highest BCUT2D eigenvalue weighted by atomic mass is 19.1. The SMILES string of the molecule is CCONC(=O)c1cc(-c2ccco2)nn1-c1ccc(F)cc1. The monoisotopic (exact) mass is 315 g/mol. The molecule has 0 bridgehead atoms. The summed E-state index contributed by atoms with van der Waals surface area (Å²) in [5.74, 6) is -0.301. The second-order valence-electron chi connectivity index (χ2n) is 4.64. The predicted octanol–water partition coefficient (Wildman–Crippen LogP) is 2.95. The van der Waals surface area contributed by atoms with E-state index < -0.39 is 5.91 Å². The van der Waals surface area contributed by atoms with E-state index in [2.05, 4.69) is 10.6 Å². The van der Waals surface area contributed by atoms with Crippen molar-refractivity contribution < 1.29 is 18.4 Å². The first-order valence-electron chi connectivity index (χ1n) is 7.01. The number of hydrogen-bond acceptors (Lipinski definition) is 4. The van der Waals surface area contributed by atoms with Gasteiger partial charge in [0.1, 0.15) is 17.2 Å². The summed E-state index contributed by atoms with van der Waals surface area (Å²) in [5, 5.41) is 4.37. The lowest BCUT2D eigenvalue weighted by Gasteiger charge is -2.07. The van der Waals surface area contributed by atoms with Crippen LogP contribution in [0.5, 0.6) is 0 Å². The van der Waals surface area contributed by atoms with Gasteiger partial charge in [0.25, 0.3) is 5.91 Å². The number of carbonyl (C=O) groups is 1. The molecule has 23 heavy (non-hydrogen) atoms. The van der Waals surface area contributed by atoms with Crippen molar-refractivity contribution in [2.75, 3.05) is 6.61 Å². The Balaban J connectivity index is 2.04. The molecule has 0 aliphatic heterocycles. The van der Waals surface area contributed by atoms with Crippen molar-refractivity contribution in [2.24, 2.45) is 0 Å². The van der Waals surface area contributed by atoms with E-state index >= 15 is 0 Å². The third kappa shape index (κ3) is 3.14. The van der Waals surface area contributed by atoms with E-state index in [0.717, 1.165) is 0 Å². The minimum Gasteiger partial charge on any atom is -0.463 e. The molecule has 0 atom stereocenters. The summed E-state index contributed by atoms with van der Waals surface area (Å²) < 4.78 is 19.8. The summed E-state index contributed by atoms with van der Waals surface area (Å²) >= 11 is 0. The van der Waals surface area contributed by atoms with Crippen molar-refractivity contribution in [3.05, 3.63) is 60.2 Å². The Kier molecular flexibility index (Phi) is 4.20. The van der Waals surface area contributed by atoms with Crippen LogP contribution in [0.15, 0.2) is 53.1 Å². The Morgan fingerprint density at radius 1 is 1.35 bits per heavy atom. The number of nitrogens with zero attached hydrogens (tertiary/aromatic N) is 2. The molecule has 0 unspecified atom stereocenters. The van der Waals surface area contributed by atoms with Crippen LogP contribution in [-0.4, -0.2) is 22.3 Å². The summed E-state index contributed by atoms with van der Waals surface area (Å²) in [7, 11) is 0. The van der Waals surface area contributed by atoms with Crippen molar-refractivity contribution in [3.63, 3.8) is 0 Å². The fraction of sp³-hybridized carbons (Fsp3) is 0.125. The number of carbonyl (C=O) groups excluding carboxylic acids is 1. The third-order valence-electron chi connectivity index (χ3n) is 3.10. The molecule has 6 nitrogen and oxygen atoms in total. The van der Waals surface area contributed by atoms with Crippen LogP contribution in [-0.2, 0) is 4.84 Å². The molecule has 2 aromatic heterocycles. The van der Waals surface area contributed by atoms with Gasteiger partial charge in [0.15, 0.2) is 5.76 Å². The van der Waals surface area contributed by atoms with Crippen LogP contribution >= 0.6 is 0 Å². The van der Waals surface area contributed by atoms with E-state index in [9.17, 15) is 9.18 Å². The van der Waals surface area contributed by atoms with Gasteiger partial charge in [-0.15, -0.1) is 0 Å². The van der Waals surface area contributed by atoms with Gasteiger partial charge in [-0.25, -0.2) is 14.6 Å². The van der Waals surface area contributed by atoms with Crippen LogP contribution in [0.4, 0.5) is 4.39 Å². The van der Waals surface area contributed by atoms with E-state index in [4.69, 9.17) is 9.25 Å². The normalized spacial score (nSPS) is 10.7. The van der Waals surface area contributed by atoms with Gasteiger partial charge in [0, 0.05) is 6.07 Å². The van der Waals surface area contributed by atoms with Gasteiger partial charge in [-0.05, 0) is 43.3 Å². The summed E-state index contributed by atoms with van der Waals surface area (Å²) in [4.78, 5) is 17.2. The predicted molar refractivity (Wildman–Crippen MR) is 80.3 cm³/mol. The van der Waals surface area contributed by atoms with Crippen LogP contribution in [0.1, 0.15) is 17.4 Å². The van der Waals surface area contributed by atoms with Crippen LogP contribution in [0, 0.1) is 5.82 Å². The zero-order chi connectivity index (χ0) is 16.2. The molecule has 0 saturated carbocycles. The highest BCUT2D eigenvalue weighted by molar-refractivity contribution is 5.93. The number of benzene rings is 1. The number of aromatic nitrogens is 2. The molecular weight excluding hydrogens is 301 g/mol. The van der Waals surface area contributed by atoms with E-state index in [1.54, 1.807) is 25.1 Å².